The van der Waals surface area contributed by atoms with E-state index < -0.39 is 11.9 Å². The Balaban J connectivity index is 1.61. The van der Waals surface area contributed by atoms with Gasteiger partial charge in [-0.25, -0.2) is 4.79 Å². The minimum absolute atomic E-state index is 0.0125. The lowest BCUT2D eigenvalue weighted by molar-refractivity contribution is -0.116. The number of ketones is 1. The molecule has 0 fully saturated rings. The van der Waals surface area contributed by atoms with Gasteiger partial charge in [0.15, 0.2) is 5.78 Å². The molecule has 0 spiro atoms. The molecule has 1 aliphatic heterocycles. The van der Waals surface area contributed by atoms with Gasteiger partial charge in [-0.15, -0.1) is 0 Å². The van der Waals surface area contributed by atoms with Crippen LogP contribution in [0.15, 0.2) is 70.4 Å². The van der Waals surface area contributed by atoms with E-state index in [1.165, 1.54) is 24.4 Å². The Morgan fingerprint density at radius 3 is 2.57 bits per heavy atom. The van der Waals surface area contributed by atoms with Crippen LogP contribution in [0.1, 0.15) is 66.4 Å². The number of carbonyl (C=O) groups excluding carboxylic acids is 3. The Labute approximate surface area is 221 Å². The lowest BCUT2D eigenvalue weighted by Gasteiger charge is -2.33. The summed E-state index contributed by atoms with van der Waals surface area (Å²) in [5, 5.41) is 16.8. The molecule has 1 amide bonds. The van der Waals surface area contributed by atoms with Gasteiger partial charge >= 0.3 is 5.97 Å². The summed E-state index contributed by atoms with van der Waals surface area (Å²) in [6, 6.07) is 17.0. The average Bonchev–Trinajstić information content (AvgIpc) is 2.91. The maximum atomic E-state index is 13.0. The molecule has 1 atom stereocenters. The molecule has 0 saturated heterocycles. The van der Waals surface area contributed by atoms with Crippen LogP contribution in [0, 0.1) is 11.3 Å². The fourth-order valence-electron chi connectivity index (χ4n) is 4.65. The molecule has 2 aromatic rings. The van der Waals surface area contributed by atoms with Crippen molar-refractivity contribution in [2.75, 3.05) is 18.2 Å². The lowest BCUT2D eigenvalue weighted by Crippen LogP contribution is -2.31. The molecular weight excluding hydrogens is 486 g/mol. The predicted octanol–water partition coefficient (Wildman–Crippen LogP) is 5.40. The molecule has 190 valence electrons. The van der Waals surface area contributed by atoms with Gasteiger partial charge in [0.25, 0.3) is 0 Å². The Kier molecular flexibility index (Phi) is 8.14. The minimum Gasteiger partial charge on any atom is -0.465 e. The highest BCUT2D eigenvalue weighted by Crippen LogP contribution is 2.44. The van der Waals surface area contributed by atoms with Crippen molar-refractivity contribution in [1.82, 2.24) is 5.32 Å². The van der Waals surface area contributed by atoms with Crippen LogP contribution in [-0.2, 0) is 14.3 Å². The van der Waals surface area contributed by atoms with Crippen molar-refractivity contribution >= 4 is 35.1 Å². The number of hydrogen-bond acceptors (Lipinski definition) is 7. The first-order chi connectivity index (χ1) is 17.8. The zero-order chi connectivity index (χ0) is 26.5. The third-order valence-electron chi connectivity index (χ3n) is 6.55. The van der Waals surface area contributed by atoms with E-state index in [1.54, 1.807) is 24.3 Å². The average molecular weight is 516 g/mol. The second kappa shape index (κ2) is 11.5. The molecule has 7 nitrogen and oxygen atoms in total. The van der Waals surface area contributed by atoms with Crippen LogP contribution in [0.5, 0.6) is 0 Å². The standard InChI is InChI=1S/C29H29N3O4S/c1-17(2)18-11-13-19(14-12-18)26-21(15-30)28(32-23-9-6-10-24(33)27(23)26)37-16-25(34)31-22-8-5-4-7-20(22)29(35)36-3/h4-5,7-8,11-14,17,26,32H,6,9-10,16H2,1-3H3,(H,31,34). The molecule has 1 unspecified atom stereocenters. The number of Topliss-reactive ketones (excluding diaryl/α,β-unsaturated/α-hetero) is 1. The highest BCUT2D eigenvalue weighted by atomic mass is 32.2. The Hall–Kier alpha value is -3.83. The summed E-state index contributed by atoms with van der Waals surface area (Å²) in [5.74, 6) is -0.905. The number of thioether (sulfide) groups is 1. The normalized spacial score (nSPS) is 17.2. The maximum absolute atomic E-state index is 13.0. The molecule has 1 heterocycles. The zero-order valence-corrected chi connectivity index (χ0v) is 21.9. The number of carbonyl (C=O) groups is 3. The van der Waals surface area contributed by atoms with Crippen LogP contribution in [-0.4, -0.2) is 30.5 Å². The van der Waals surface area contributed by atoms with E-state index in [2.05, 4.69) is 30.6 Å². The minimum atomic E-state index is -0.542. The summed E-state index contributed by atoms with van der Waals surface area (Å²) in [5.41, 5.74) is 4.60. The maximum Gasteiger partial charge on any atom is 0.339 e. The van der Waals surface area contributed by atoms with Crippen LogP contribution in [0.3, 0.4) is 0 Å². The third kappa shape index (κ3) is 5.62. The van der Waals surface area contributed by atoms with Gasteiger partial charge in [0.1, 0.15) is 0 Å². The number of ether oxygens (including phenoxy) is 1. The van der Waals surface area contributed by atoms with Gasteiger partial charge in [-0.2, -0.15) is 5.26 Å². The van der Waals surface area contributed by atoms with Gasteiger partial charge in [0.05, 0.1) is 46.7 Å². The first kappa shape index (κ1) is 26.2. The molecule has 0 saturated carbocycles. The number of nitriles is 1. The summed E-state index contributed by atoms with van der Waals surface area (Å²) in [4.78, 5) is 37.8. The van der Waals surface area contributed by atoms with Gasteiger partial charge in [0, 0.05) is 17.7 Å². The van der Waals surface area contributed by atoms with Gasteiger partial charge in [0.2, 0.25) is 5.91 Å². The van der Waals surface area contributed by atoms with Crippen molar-refractivity contribution in [2.24, 2.45) is 0 Å². The highest BCUT2D eigenvalue weighted by molar-refractivity contribution is 8.03. The Morgan fingerprint density at radius 2 is 1.89 bits per heavy atom. The summed E-state index contributed by atoms with van der Waals surface area (Å²) < 4.78 is 4.79. The topological polar surface area (TPSA) is 108 Å². The number of allylic oxidation sites excluding steroid dienone is 3. The highest BCUT2D eigenvalue weighted by Gasteiger charge is 2.37. The molecule has 0 radical (unpaired) electrons. The third-order valence-corrected chi connectivity index (χ3v) is 7.57. The fraction of sp³-hybridized carbons (Fsp3) is 0.310. The van der Waals surface area contributed by atoms with Crippen molar-refractivity contribution in [3.63, 3.8) is 0 Å². The number of hydrogen-bond donors (Lipinski definition) is 2. The number of esters is 1. The van der Waals surface area contributed by atoms with Gasteiger partial charge in [-0.1, -0.05) is 62.0 Å². The Morgan fingerprint density at radius 1 is 1.16 bits per heavy atom. The molecule has 0 bridgehead atoms. The smallest absolute Gasteiger partial charge is 0.339 e. The first-order valence-corrected chi connectivity index (χ1v) is 13.2. The monoisotopic (exact) mass is 515 g/mol. The number of methoxy groups -OCH3 is 1. The molecule has 37 heavy (non-hydrogen) atoms. The van der Waals surface area contributed by atoms with Crippen LogP contribution in [0.2, 0.25) is 0 Å². The van der Waals surface area contributed by atoms with E-state index in [4.69, 9.17) is 4.74 Å². The van der Waals surface area contributed by atoms with E-state index in [0.717, 1.165) is 17.7 Å². The predicted molar refractivity (Wildman–Crippen MR) is 144 cm³/mol. The molecule has 1 aliphatic carbocycles. The number of anilines is 1. The van der Waals surface area contributed by atoms with E-state index in [0.29, 0.717) is 40.6 Å². The largest absolute Gasteiger partial charge is 0.465 e. The second-order valence-electron chi connectivity index (χ2n) is 9.28. The van der Waals surface area contributed by atoms with Crippen LogP contribution in [0.4, 0.5) is 5.69 Å². The number of para-hydroxylation sites is 1. The number of dihydropyridines is 1. The number of benzene rings is 2. The second-order valence-corrected chi connectivity index (χ2v) is 10.3. The fourth-order valence-corrected chi connectivity index (χ4v) is 5.51. The van der Waals surface area contributed by atoms with Crippen molar-refractivity contribution in [3.8, 4) is 6.07 Å². The van der Waals surface area contributed by atoms with E-state index in [1.807, 2.05) is 24.3 Å². The molecule has 2 aromatic carbocycles. The van der Waals surface area contributed by atoms with Gasteiger partial charge < -0.3 is 15.4 Å². The van der Waals surface area contributed by atoms with Crippen LogP contribution in [0.25, 0.3) is 0 Å². The number of rotatable bonds is 7. The molecule has 4 rings (SSSR count). The quantitative estimate of drug-likeness (QED) is 0.476. The summed E-state index contributed by atoms with van der Waals surface area (Å²) in [6.45, 7) is 4.24. The summed E-state index contributed by atoms with van der Waals surface area (Å²) >= 11 is 1.21. The molecule has 8 heteroatoms. The molecular formula is C29H29N3O4S. The summed E-state index contributed by atoms with van der Waals surface area (Å²) in [6.07, 6.45) is 1.92. The number of amides is 1. The van der Waals surface area contributed by atoms with E-state index >= 15 is 0 Å². The molecule has 2 aliphatic rings. The van der Waals surface area contributed by atoms with Gasteiger partial charge in [-0.05, 0) is 42.0 Å². The summed E-state index contributed by atoms with van der Waals surface area (Å²) in [7, 11) is 1.28. The van der Waals surface area contributed by atoms with Crippen LogP contribution < -0.4 is 10.6 Å². The molecule has 0 aromatic heterocycles. The number of nitrogens with zero attached hydrogens (tertiary/aromatic N) is 1. The zero-order valence-electron chi connectivity index (χ0n) is 21.1. The molecule has 2 N–H and O–H groups in total. The van der Waals surface area contributed by atoms with Crippen LogP contribution >= 0.6 is 11.8 Å². The lowest BCUT2D eigenvalue weighted by atomic mass is 9.76. The first-order valence-electron chi connectivity index (χ1n) is 12.2. The van der Waals surface area contributed by atoms with Crippen molar-refractivity contribution < 1.29 is 19.1 Å². The van der Waals surface area contributed by atoms with Crippen molar-refractivity contribution in [3.05, 3.63) is 87.1 Å². The van der Waals surface area contributed by atoms with Gasteiger partial charge in [-0.3, -0.25) is 9.59 Å². The Bertz CT molecular complexity index is 1340. The SMILES string of the molecule is COC(=O)c1ccccc1NC(=O)CSC1=C(C#N)C(c2ccc(C(C)C)cc2)C2=C(CCCC2=O)N1. The van der Waals surface area contributed by atoms with Crippen molar-refractivity contribution in [1.29, 1.82) is 5.26 Å². The number of nitrogens with one attached hydrogen (secondary N) is 2. The van der Waals surface area contributed by atoms with Crippen molar-refractivity contribution in [2.45, 2.75) is 44.9 Å². The van der Waals surface area contributed by atoms with E-state index in [-0.39, 0.29) is 23.0 Å². The van der Waals surface area contributed by atoms with E-state index in [9.17, 15) is 19.6 Å².